The zero-order chi connectivity index (χ0) is 14.1. The number of aryl methyl sites for hydroxylation is 1. The van der Waals surface area contributed by atoms with Crippen LogP contribution in [0.15, 0.2) is 22.7 Å². The third-order valence-electron chi connectivity index (χ3n) is 2.72. The van der Waals surface area contributed by atoms with E-state index in [0.29, 0.717) is 10.0 Å². The van der Waals surface area contributed by atoms with E-state index < -0.39 is 29.5 Å². The van der Waals surface area contributed by atoms with Gasteiger partial charge in [-0.15, -0.1) is 0 Å². The van der Waals surface area contributed by atoms with Crippen molar-refractivity contribution in [2.24, 2.45) is 0 Å². The second-order valence-electron chi connectivity index (χ2n) is 3.95. The van der Waals surface area contributed by atoms with Crippen LogP contribution in [-0.4, -0.2) is 17.1 Å². The van der Waals surface area contributed by atoms with Gasteiger partial charge in [-0.25, -0.2) is 0 Å². The number of hydrogen-bond acceptors (Lipinski definition) is 2. The summed E-state index contributed by atoms with van der Waals surface area (Å²) in [6, 6.07) is 3.65. The van der Waals surface area contributed by atoms with Crippen LogP contribution in [0, 0.1) is 6.92 Å². The fraction of sp³-hybridized carbons (Fsp3) is 0.417. The van der Waals surface area contributed by atoms with E-state index in [2.05, 4.69) is 15.9 Å². The number of benzene rings is 1. The van der Waals surface area contributed by atoms with Gasteiger partial charge in [0, 0.05) is 16.5 Å². The normalized spacial score (nSPS) is 15.3. The molecule has 1 unspecified atom stereocenters. The van der Waals surface area contributed by atoms with Crippen molar-refractivity contribution in [1.29, 1.82) is 0 Å². The second-order valence-corrected chi connectivity index (χ2v) is 4.80. The predicted octanol–water partition coefficient (Wildman–Crippen LogP) is 3.49. The van der Waals surface area contributed by atoms with Crippen molar-refractivity contribution in [2.75, 3.05) is 0 Å². The van der Waals surface area contributed by atoms with Gasteiger partial charge < -0.3 is 5.11 Å². The van der Waals surface area contributed by atoms with Crippen molar-refractivity contribution < 1.29 is 23.1 Å². The summed E-state index contributed by atoms with van der Waals surface area (Å²) in [5.41, 5.74) is -3.20. The summed E-state index contributed by atoms with van der Waals surface area (Å²) in [5, 5.41) is 9.81. The lowest BCUT2D eigenvalue weighted by molar-refractivity contribution is -0.255. The quantitative estimate of drug-likeness (QED) is 0.924. The molecule has 0 aliphatic rings. The highest BCUT2D eigenvalue weighted by Crippen LogP contribution is 2.41. The summed E-state index contributed by atoms with van der Waals surface area (Å²) >= 11 is 3.09. The number of ketones is 1. The molecule has 1 aromatic rings. The molecule has 1 N–H and O–H groups in total. The Labute approximate surface area is 111 Å². The van der Waals surface area contributed by atoms with E-state index in [0.717, 1.165) is 12.1 Å². The first-order valence-electron chi connectivity index (χ1n) is 5.23. The first-order valence-corrected chi connectivity index (χ1v) is 6.03. The number of rotatable bonds is 3. The number of carbonyl (C=O) groups is 1. The van der Waals surface area contributed by atoms with Crippen LogP contribution in [0.25, 0.3) is 0 Å². The van der Waals surface area contributed by atoms with Gasteiger partial charge in [0.2, 0.25) is 5.60 Å². The van der Waals surface area contributed by atoms with Crippen LogP contribution in [0.2, 0.25) is 0 Å². The van der Waals surface area contributed by atoms with Gasteiger partial charge in [0.25, 0.3) is 0 Å². The molecule has 0 aliphatic heterocycles. The second kappa shape index (κ2) is 5.01. The molecule has 18 heavy (non-hydrogen) atoms. The van der Waals surface area contributed by atoms with Gasteiger partial charge in [-0.2, -0.15) is 13.2 Å². The highest BCUT2D eigenvalue weighted by atomic mass is 79.9. The van der Waals surface area contributed by atoms with E-state index in [1.807, 2.05) is 0 Å². The zero-order valence-electron chi connectivity index (χ0n) is 9.81. The molecular weight excluding hydrogens is 313 g/mol. The van der Waals surface area contributed by atoms with E-state index in [-0.39, 0.29) is 0 Å². The van der Waals surface area contributed by atoms with Crippen molar-refractivity contribution in [3.05, 3.63) is 33.8 Å². The van der Waals surface area contributed by atoms with Crippen molar-refractivity contribution in [3.63, 3.8) is 0 Å². The number of alkyl halides is 3. The molecular formula is C12H12BrF3O2. The first-order chi connectivity index (χ1) is 8.14. The van der Waals surface area contributed by atoms with Crippen molar-refractivity contribution >= 4 is 21.7 Å². The van der Waals surface area contributed by atoms with Gasteiger partial charge in [0.1, 0.15) is 0 Å². The molecule has 1 atom stereocenters. The zero-order valence-corrected chi connectivity index (χ0v) is 11.4. The lowest BCUT2D eigenvalue weighted by Gasteiger charge is -2.29. The van der Waals surface area contributed by atoms with Crippen LogP contribution >= 0.6 is 15.9 Å². The van der Waals surface area contributed by atoms with Crippen LogP contribution in [0.3, 0.4) is 0 Å². The third-order valence-corrected chi connectivity index (χ3v) is 3.58. The first kappa shape index (κ1) is 15.2. The fourth-order valence-corrected chi connectivity index (χ4v) is 1.94. The fourth-order valence-electron chi connectivity index (χ4n) is 1.56. The Morgan fingerprint density at radius 2 is 1.94 bits per heavy atom. The molecule has 0 radical (unpaired) electrons. The minimum absolute atomic E-state index is 0.401. The van der Waals surface area contributed by atoms with Gasteiger partial charge in [-0.3, -0.25) is 4.79 Å². The Kier molecular flexibility index (Phi) is 4.23. The lowest BCUT2D eigenvalue weighted by atomic mass is 9.87. The van der Waals surface area contributed by atoms with Crippen molar-refractivity contribution in [2.45, 2.75) is 32.0 Å². The summed E-state index contributed by atoms with van der Waals surface area (Å²) < 4.78 is 39.3. The molecule has 0 saturated carbocycles. The summed E-state index contributed by atoms with van der Waals surface area (Å²) in [5.74, 6) is -1.27. The molecule has 0 bridgehead atoms. The Balaban J connectivity index is 3.45. The largest absolute Gasteiger partial charge is 0.428 e. The number of aliphatic hydroxyl groups is 1. The van der Waals surface area contributed by atoms with Crippen LogP contribution in [0.5, 0.6) is 0 Å². The van der Waals surface area contributed by atoms with Crippen molar-refractivity contribution in [1.82, 2.24) is 0 Å². The molecule has 2 nitrogen and oxygen atoms in total. The molecule has 0 amide bonds. The minimum atomic E-state index is -5.05. The van der Waals surface area contributed by atoms with E-state index in [4.69, 9.17) is 0 Å². The molecule has 0 saturated heterocycles. The number of carbonyl (C=O) groups excluding carboxylic acids is 1. The summed E-state index contributed by atoms with van der Waals surface area (Å²) in [7, 11) is 0. The molecule has 0 heterocycles. The number of halogens is 4. The Hall–Kier alpha value is -0.880. The van der Waals surface area contributed by atoms with Gasteiger partial charge in [-0.05, 0) is 18.6 Å². The smallest absolute Gasteiger partial charge is 0.370 e. The molecule has 0 aliphatic carbocycles. The molecule has 0 fully saturated rings. The maximum Gasteiger partial charge on any atom is 0.428 e. The molecule has 1 aromatic carbocycles. The van der Waals surface area contributed by atoms with Gasteiger partial charge >= 0.3 is 6.18 Å². The lowest BCUT2D eigenvalue weighted by Crippen LogP contribution is -2.49. The maximum atomic E-state index is 13.0. The monoisotopic (exact) mass is 324 g/mol. The summed E-state index contributed by atoms with van der Waals surface area (Å²) in [6.07, 6.45) is -5.45. The molecule has 0 aromatic heterocycles. The topological polar surface area (TPSA) is 37.3 Å². The predicted molar refractivity (Wildman–Crippen MR) is 64.1 cm³/mol. The maximum absolute atomic E-state index is 13.0. The highest BCUT2D eigenvalue weighted by Gasteiger charge is 2.59. The van der Waals surface area contributed by atoms with Crippen LogP contribution < -0.4 is 0 Å². The third kappa shape index (κ3) is 2.44. The van der Waals surface area contributed by atoms with Gasteiger partial charge in [0.15, 0.2) is 5.78 Å². The van der Waals surface area contributed by atoms with Gasteiger partial charge in [0.05, 0.1) is 0 Å². The molecule has 6 heteroatoms. The molecule has 100 valence electrons. The summed E-state index contributed by atoms with van der Waals surface area (Å²) in [4.78, 5) is 11.5. The number of hydrogen-bond donors (Lipinski definition) is 1. The Morgan fingerprint density at radius 3 is 2.33 bits per heavy atom. The molecule has 0 spiro atoms. The van der Waals surface area contributed by atoms with E-state index >= 15 is 0 Å². The van der Waals surface area contributed by atoms with Crippen molar-refractivity contribution in [3.8, 4) is 0 Å². The molecule has 1 rings (SSSR count). The van der Waals surface area contributed by atoms with Gasteiger partial charge in [-0.1, -0.05) is 35.0 Å². The van der Waals surface area contributed by atoms with Crippen LogP contribution in [0.1, 0.15) is 24.5 Å². The SMILES string of the molecule is CCC(=O)C(O)(c1ccc(C)c(Br)c1)C(F)(F)F. The average Bonchev–Trinajstić information content (AvgIpc) is 2.29. The highest BCUT2D eigenvalue weighted by molar-refractivity contribution is 9.10. The minimum Gasteiger partial charge on any atom is -0.370 e. The van der Waals surface area contributed by atoms with E-state index in [9.17, 15) is 23.1 Å². The van der Waals surface area contributed by atoms with E-state index in [1.165, 1.54) is 13.0 Å². The Morgan fingerprint density at radius 1 is 1.39 bits per heavy atom. The van der Waals surface area contributed by atoms with E-state index in [1.54, 1.807) is 6.92 Å². The number of Topliss-reactive ketones (excluding diaryl/α,β-unsaturated/α-hetero) is 1. The van der Waals surface area contributed by atoms with Crippen LogP contribution in [-0.2, 0) is 10.4 Å². The average molecular weight is 325 g/mol. The Bertz CT molecular complexity index is 471. The summed E-state index contributed by atoms with van der Waals surface area (Å²) in [6.45, 7) is 2.98. The van der Waals surface area contributed by atoms with Crippen LogP contribution in [0.4, 0.5) is 13.2 Å². The standard InChI is InChI=1S/C12H12BrF3O2/c1-3-10(17)11(18,12(14,15)16)8-5-4-7(2)9(13)6-8/h4-6,18H,3H2,1-2H3.